The summed E-state index contributed by atoms with van der Waals surface area (Å²) in [7, 11) is 0. The molecule has 23 heavy (non-hydrogen) atoms. The number of nitrogens with zero attached hydrogens (tertiary/aromatic N) is 3. The van der Waals surface area contributed by atoms with Gasteiger partial charge in [-0.1, -0.05) is 35.7 Å². The number of thioether (sulfide) groups is 2. The van der Waals surface area contributed by atoms with E-state index in [1.807, 2.05) is 36.4 Å². The average Bonchev–Trinajstić information content (AvgIpc) is 2.80. The van der Waals surface area contributed by atoms with Crippen LogP contribution in [-0.2, 0) is 9.59 Å². The smallest absolute Gasteiger partial charge is 0.268 e. The number of pyridine rings is 2. The summed E-state index contributed by atoms with van der Waals surface area (Å²) in [6.07, 6.45) is 3.32. The second kappa shape index (κ2) is 6.97. The second-order valence-electron chi connectivity index (χ2n) is 4.55. The van der Waals surface area contributed by atoms with Gasteiger partial charge in [-0.25, -0.2) is 9.97 Å². The maximum Gasteiger partial charge on any atom is 0.268 e. The molecule has 1 aliphatic heterocycles. The van der Waals surface area contributed by atoms with Gasteiger partial charge < -0.3 is 0 Å². The molecular formula is C16H13N3O2S2. The van der Waals surface area contributed by atoms with Crippen LogP contribution in [0.25, 0.3) is 0 Å². The standard InChI is InChI=1S/C16H13N3O2S2/c1-2-19-15(20)13(22-11-7-3-5-9-17-11)14(16(19)21)23-12-8-4-6-10-18-12/h3-10H,2H2,1H3. The van der Waals surface area contributed by atoms with Crippen molar-refractivity contribution in [3.63, 3.8) is 0 Å². The van der Waals surface area contributed by atoms with Crippen LogP contribution in [0.2, 0.25) is 0 Å². The Morgan fingerprint density at radius 2 is 1.35 bits per heavy atom. The van der Waals surface area contributed by atoms with Crippen molar-refractivity contribution in [3.8, 4) is 0 Å². The van der Waals surface area contributed by atoms with Gasteiger partial charge in [0.1, 0.15) is 10.1 Å². The third-order valence-electron chi connectivity index (χ3n) is 3.09. The molecule has 0 N–H and O–H groups in total. The monoisotopic (exact) mass is 343 g/mol. The molecule has 3 rings (SSSR count). The van der Waals surface area contributed by atoms with Crippen molar-refractivity contribution in [1.29, 1.82) is 0 Å². The minimum atomic E-state index is -0.272. The summed E-state index contributed by atoms with van der Waals surface area (Å²) in [6.45, 7) is 2.13. The van der Waals surface area contributed by atoms with Gasteiger partial charge >= 0.3 is 0 Å². The Labute approximate surface area is 142 Å². The fourth-order valence-electron chi connectivity index (χ4n) is 2.02. The van der Waals surface area contributed by atoms with Crippen molar-refractivity contribution in [3.05, 3.63) is 58.6 Å². The lowest BCUT2D eigenvalue weighted by atomic mass is 10.5. The first-order chi connectivity index (χ1) is 11.2. The van der Waals surface area contributed by atoms with Gasteiger partial charge in [-0.05, 0) is 31.2 Å². The van der Waals surface area contributed by atoms with Crippen molar-refractivity contribution in [1.82, 2.24) is 14.9 Å². The molecule has 5 nitrogen and oxygen atoms in total. The Bertz CT molecular complexity index is 700. The van der Waals surface area contributed by atoms with Crippen molar-refractivity contribution in [2.75, 3.05) is 6.54 Å². The van der Waals surface area contributed by atoms with E-state index >= 15 is 0 Å². The van der Waals surface area contributed by atoms with E-state index in [0.29, 0.717) is 26.4 Å². The van der Waals surface area contributed by atoms with Crippen LogP contribution in [0.15, 0.2) is 68.7 Å². The minimum Gasteiger partial charge on any atom is -0.274 e. The number of amides is 2. The van der Waals surface area contributed by atoms with E-state index in [9.17, 15) is 9.59 Å². The lowest BCUT2D eigenvalue weighted by molar-refractivity contribution is -0.136. The van der Waals surface area contributed by atoms with E-state index in [1.165, 1.54) is 28.4 Å². The number of carbonyl (C=O) groups excluding carboxylic acids is 2. The zero-order valence-electron chi connectivity index (χ0n) is 12.3. The van der Waals surface area contributed by atoms with Gasteiger partial charge in [0.2, 0.25) is 0 Å². The molecule has 116 valence electrons. The van der Waals surface area contributed by atoms with E-state index in [2.05, 4.69) is 9.97 Å². The van der Waals surface area contributed by atoms with Crippen molar-refractivity contribution < 1.29 is 9.59 Å². The maximum absolute atomic E-state index is 12.5. The SMILES string of the molecule is CCN1C(=O)C(Sc2ccccn2)=C(Sc2ccccn2)C1=O. The summed E-state index contributed by atoms with van der Waals surface area (Å²) in [5, 5.41) is 1.36. The molecule has 7 heteroatoms. The summed E-state index contributed by atoms with van der Waals surface area (Å²) in [4.78, 5) is 35.5. The molecule has 0 bridgehead atoms. The number of rotatable bonds is 5. The number of hydrogen-bond acceptors (Lipinski definition) is 6. The molecule has 1 aliphatic rings. The zero-order valence-corrected chi connectivity index (χ0v) is 13.9. The Morgan fingerprint density at radius 1 is 0.870 bits per heavy atom. The molecule has 0 spiro atoms. The number of likely N-dealkylation sites (N-methyl/N-ethyl adjacent to an activating group) is 1. The Balaban J connectivity index is 1.96. The molecule has 2 amide bonds. The van der Waals surface area contributed by atoms with Crippen LogP contribution in [-0.4, -0.2) is 33.2 Å². The Hall–Kier alpha value is -2.12. The normalized spacial score (nSPS) is 14.7. The molecule has 0 saturated carbocycles. The summed E-state index contributed by atoms with van der Waals surface area (Å²) in [5.41, 5.74) is 0. The summed E-state index contributed by atoms with van der Waals surface area (Å²) >= 11 is 2.43. The van der Waals surface area contributed by atoms with Gasteiger partial charge in [0, 0.05) is 18.9 Å². The highest BCUT2D eigenvalue weighted by atomic mass is 32.2. The fraction of sp³-hybridized carbons (Fsp3) is 0.125. The second-order valence-corrected chi connectivity index (χ2v) is 6.61. The van der Waals surface area contributed by atoms with Gasteiger partial charge in [-0.3, -0.25) is 14.5 Å². The summed E-state index contributed by atoms with van der Waals surface area (Å²) < 4.78 is 0. The molecule has 2 aromatic heterocycles. The molecular weight excluding hydrogens is 330 g/mol. The molecule has 0 saturated heterocycles. The van der Waals surface area contributed by atoms with Crippen LogP contribution in [0.1, 0.15) is 6.92 Å². The van der Waals surface area contributed by atoms with Gasteiger partial charge in [-0.2, -0.15) is 0 Å². The topological polar surface area (TPSA) is 63.2 Å². The molecule has 0 fully saturated rings. The highest BCUT2D eigenvalue weighted by Crippen LogP contribution is 2.41. The highest BCUT2D eigenvalue weighted by molar-refractivity contribution is 8.08. The molecule has 3 heterocycles. The first-order valence-corrected chi connectivity index (χ1v) is 8.62. The average molecular weight is 343 g/mol. The van der Waals surface area contributed by atoms with Crippen molar-refractivity contribution >= 4 is 35.3 Å². The van der Waals surface area contributed by atoms with Crippen LogP contribution < -0.4 is 0 Å². The lowest BCUT2D eigenvalue weighted by Gasteiger charge is -2.10. The van der Waals surface area contributed by atoms with Crippen molar-refractivity contribution in [2.45, 2.75) is 17.0 Å². The van der Waals surface area contributed by atoms with E-state index < -0.39 is 0 Å². The van der Waals surface area contributed by atoms with Crippen LogP contribution in [0, 0.1) is 0 Å². The van der Waals surface area contributed by atoms with E-state index in [0.717, 1.165) is 0 Å². The first-order valence-electron chi connectivity index (χ1n) is 6.99. The van der Waals surface area contributed by atoms with E-state index in [1.54, 1.807) is 19.3 Å². The minimum absolute atomic E-state index is 0.272. The third kappa shape index (κ3) is 3.30. The van der Waals surface area contributed by atoms with Crippen molar-refractivity contribution in [2.24, 2.45) is 0 Å². The Morgan fingerprint density at radius 3 is 1.70 bits per heavy atom. The van der Waals surface area contributed by atoms with Crippen LogP contribution in [0.5, 0.6) is 0 Å². The lowest BCUT2D eigenvalue weighted by Crippen LogP contribution is -2.30. The molecule has 0 aromatic carbocycles. The third-order valence-corrected chi connectivity index (χ3v) is 5.29. The van der Waals surface area contributed by atoms with Gasteiger partial charge in [0.05, 0.1) is 9.81 Å². The molecule has 0 atom stereocenters. The van der Waals surface area contributed by atoms with Gasteiger partial charge in [0.25, 0.3) is 11.8 Å². The highest BCUT2D eigenvalue weighted by Gasteiger charge is 2.38. The van der Waals surface area contributed by atoms with Crippen LogP contribution in [0.4, 0.5) is 0 Å². The predicted molar refractivity (Wildman–Crippen MR) is 89.6 cm³/mol. The number of hydrogen-bond donors (Lipinski definition) is 0. The van der Waals surface area contributed by atoms with Gasteiger partial charge in [0.15, 0.2) is 0 Å². The predicted octanol–water partition coefficient (Wildman–Crippen LogP) is 2.96. The van der Waals surface area contributed by atoms with Gasteiger partial charge in [-0.15, -0.1) is 0 Å². The molecule has 0 aliphatic carbocycles. The Kier molecular flexibility index (Phi) is 4.78. The maximum atomic E-state index is 12.5. The fourth-order valence-corrected chi connectivity index (χ4v) is 3.97. The number of imide groups is 1. The number of aromatic nitrogens is 2. The largest absolute Gasteiger partial charge is 0.274 e. The molecule has 2 aromatic rings. The van der Waals surface area contributed by atoms with E-state index in [-0.39, 0.29) is 11.8 Å². The molecule has 0 unspecified atom stereocenters. The van der Waals surface area contributed by atoms with Crippen LogP contribution >= 0.6 is 23.5 Å². The quantitative estimate of drug-likeness (QED) is 0.778. The van der Waals surface area contributed by atoms with E-state index in [4.69, 9.17) is 0 Å². The zero-order chi connectivity index (χ0) is 16.2. The number of carbonyl (C=O) groups is 2. The summed E-state index contributed by atoms with van der Waals surface area (Å²) in [5.74, 6) is -0.543. The molecule has 0 radical (unpaired) electrons. The van der Waals surface area contributed by atoms with Crippen LogP contribution in [0.3, 0.4) is 0 Å². The first kappa shape index (κ1) is 15.8. The summed E-state index contributed by atoms with van der Waals surface area (Å²) in [6, 6.07) is 10.9.